The summed E-state index contributed by atoms with van der Waals surface area (Å²) in [4.78, 5) is 0. The van der Waals surface area contributed by atoms with Crippen LogP contribution in [0.4, 0.5) is 0 Å². The first kappa shape index (κ1) is 8.38. The molecule has 1 aliphatic rings. The van der Waals surface area contributed by atoms with Gasteiger partial charge in [-0.2, -0.15) is 0 Å². The highest BCUT2D eigenvalue weighted by atomic mass is 16.5. The van der Waals surface area contributed by atoms with Crippen molar-refractivity contribution in [2.45, 2.75) is 32.1 Å². The van der Waals surface area contributed by atoms with E-state index in [1.807, 2.05) is 6.08 Å². The van der Waals surface area contributed by atoms with E-state index in [9.17, 15) is 0 Å². The van der Waals surface area contributed by atoms with Crippen molar-refractivity contribution in [1.29, 1.82) is 0 Å². The molecule has 1 rings (SSSR count). The van der Waals surface area contributed by atoms with E-state index in [0.29, 0.717) is 0 Å². The van der Waals surface area contributed by atoms with E-state index < -0.39 is 0 Å². The lowest BCUT2D eigenvalue weighted by atomic mass is 10.2. The number of unbranched alkanes of at least 4 members (excludes halogenated alkanes) is 2. The molecule has 0 radical (unpaired) electrons. The number of rotatable bonds is 4. The fourth-order valence-corrected chi connectivity index (χ4v) is 1.21. The molecule has 0 aromatic heterocycles. The Hall–Kier alpha value is -0.720. The zero-order chi connectivity index (χ0) is 7.94. The van der Waals surface area contributed by atoms with Crippen molar-refractivity contribution in [1.82, 2.24) is 0 Å². The molecule has 0 aliphatic carbocycles. The topological polar surface area (TPSA) is 9.23 Å². The van der Waals surface area contributed by atoms with Crippen molar-refractivity contribution in [3.8, 4) is 0 Å². The highest BCUT2D eigenvalue weighted by Gasteiger charge is 2.05. The second-order valence-electron chi connectivity index (χ2n) is 2.84. The Morgan fingerprint density at radius 1 is 1.45 bits per heavy atom. The summed E-state index contributed by atoms with van der Waals surface area (Å²) in [6.07, 6.45) is 9.99. The summed E-state index contributed by atoms with van der Waals surface area (Å²) in [5.74, 6) is 1.20. The predicted molar refractivity (Wildman–Crippen MR) is 47.3 cm³/mol. The molecule has 11 heavy (non-hydrogen) atoms. The van der Waals surface area contributed by atoms with Crippen molar-refractivity contribution < 1.29 is 4.74 Å². The van der Waals surface area contributed by atoms with Gasteiger partial charge in [-0.25, -0.2) is 0 Å². The molecule has 62 valence electrons. The quantitative estimate of drug-likeness (QED) is 0.444. The fraction of sp³-hybridized carbons (Fsp3) is 0.600. The van der Waals surface area contributed by atoms with Gasteiger partial charge in [0.05, 0.1) is 12.4 Å². The van der Waals surface area contributed by atoms with Gasteiger partial charge >= 0.3 is 0 Å². The molecule has 1 heterocycles. The Labute approximate surface area is 68.8 Å². The van der Waals surface area contributed by atoms with Gasteiger partial charge in [0.1, 0.15) is 0 Å². The summed E-state index contributed by atoms with van der Waals surface area (Å²) >= 11 is 0. The summed E-state index contributed by atoms with van der Waals surface area (Å²) in [6, 6.07) is 0. The molecule has 0 aromatic rings. The van der Waals surface area contributed by atoms with Crippen molar-refractivity contribution >= 4 is 0 Å². The highest BCUT2D eigenvalue weighted by Crippen LogP contribution is 2.16. The first-order chi connectivity index (χ1) is 5.43. The zero-order valence-corrected chi connectivity index (χ0v) is 7.01. The van der Waals surface area contributed by atoms with E-state index >= 15 is 0 Å². The molecular formula is C10H16O. The van der Waals surface area contributed by atoms with Gasteiger partial charge in [-0.15, -0.1) is 6.58 Å². The van der Waals surface area contributed by atoms with Gasteiger partial charge in [-0.1, -0.05) is 6.08 Å². The first-order valence-corrected chi connectivity index (χ1v) is 4.36. The average molecular weight is 152 g/mol. The van der Waals surface area contributed by atoms with E-state index in [1.165, 1.54) is 18.6 Å². The van der Waals surface area contributed by atoms with Crippen molar-refractivity contribution in [3.05, 3.63) is 24.5 Å². The summed E-state index contributed by atoms with van der Waals surface area (Å²) in [6.45, 7) is 4.60. The summed E-state index contributed by atoms with van der Waals surface area (Å²) in [5, 5.41) is 0. The Balaban J connectivity index is 2.08. The van der Waals surface area contributed by atoms with E-state index in [4.69, 9.17) is 4.74 Å². The maximum atomic E-state index is 5.37. The summed E-state index contributed by atoms with van der Waals surface area (Å²) < 4.78 is 5.37. The molecule has 0 spiro atoms. The maximum Gasteiger partial charge on any atom is 0.0921 e. The van der Waals surface area contributed by atoms with Crippen molar-refractivity contribution in [3.63, 3.8) is 0 Å². The Bertz CT molecular complexity index is 139. The molecule has 0 N–H and O–H groups in total. The molecule has 1 fully saturated rings. The molecular weight excluding hydrogens is 136 g/mol. The first-order valence-electron chi connectivity index (χ1n) is 4.36. The summed E-state index contributed by atoms with van der Waals surface area (Å²) in [7, 11) is 0. The average Bonchev–Trinajstić information content (AvgIpc) is 2.50. The van der Waals surface area contributed by atoms with Crippen LogP contribution in [0.15, 0.2) is 24.5 Å². The minimum atomic E-state index is 0.924. The highest BCUT2D eigenvalue weighted by molar-refractivity contribution is 4.96. The van der Waals surface area contributed by atoms with Crippen LogP contribution < -0.4 is 0 Å². The minimum absolute atomic E-state index is 0.924. The standard InChI is InChI=1S/C10H16O/c1-2-3-4-5-7-10-8-6-9-11-10/h2,7H,1,3-6,8-9H2/b10-7-. The SMILES string of the molecule is C=CCCC/C=C1/CCCO1. The van der Waals surface area contributed by atoms with Crippen LogP contribution in [0.5, 0.6) is 0 Å². The fourth-order valence-electron chi connectivity index (χ4n) is 1.21. The lowest BCUT2D eigenvalue weighted by Gasteiger charge is -1.96. The van der Waals surface area contributed by atoms with Crippen LogP contribution in [0, 0.1) is 0 Å². The maximum absolute atomic E-state index is 5.37. The van der Waals surface area contributed by atoms with Gasteiger partial charge in [0.15, 0.2) is 0 Å². The van der Waals surface area contributed by atoms with Crippen LogP contribution in [0.25, 0.3) is 0 Å². The van der Waals surface area contributed by atoms with Gasteiger partial charge in [0.25, 0.3) is 0 Å². The molecule has 1 nitrogen and oxygen atoms in total. The third kappa shape index (κ3) is 3.26. The lowest BCUT2D eigenvalue weighted by Crippen LogP contribution is -1.78. The van der Waals surface area contributed by atoms with E-state index in [2.05, 4.69) is 12.7 Å². The second-order valence-corrected chi connectivity index (χ2v) is 2.84. The smallest absolute Gasteiger partial charge is 0.0921 e. The lowest BCUT2D eigenvalue weighted by molar-refractivity contribution is 0.262. The van der Waals surface area contributed by atoms with Crippen LogP contribution in [0.1, 0.15) is 32.1 Å². The third-order valence-corrected chi connectivity index (χ3v) is 1.84. The predicted octanol–water partition coefficient (Wildman–Crippen LogP) is 3.04. The monoisotopic (exact) mass is 152 g/mol. The van der Waals surface area contributed by atoms with Gasteiger partial charge < -0.3 is 4.74 Å². The summed E-state index contributed by atoms with van der Waals surface area (Å²) in [5.41, 5.74) is 0. The van der Waals surface area contributed by atoms with Crippen molar-refractivity contribution in [2.24, 2.45) is 0 Å². The van der Waals surface area contributed by atoms with Crippen LogP contribution in [0.2, 0.25) is 0 Å². The molecule has 1 heteroatoms. The largest absolute Gasteiger partial charge is 0.498 e. The van der Waals surface area contributed by atoms with E-state index in [-0.39, 0.29) is 0 Å². The van der Waals surface area contributed by atoms with Gasteiger partial charge in [-0.3, -0.25) is 0 Å². The molecule has 0 amide bonds. The molecule has 0 saturated carbocycles. The van der Waals surface area contributed by atoms with E-state index in [0.717, 1.165) is 25.9 Å². The molecule has 0 bridgehead atoms. The zero-order valence-electron chi connectivity index (χ0n) is 7.01. The van der Waals surface area contributed by atoms with Gasteiger partial charge in [-0.05, 0) is 31.8 Å². The molecule has 0 aromatic carbocycles. The molecule has 1 saturated heterocycles. The number of hydrogen-bond acceptors (Lipinski definition) is 1. The minimum Gasteiger partial charge on any atom is -0.498 e. The molecule has 0 atom stereocenters. The van der Waals surface area contributed by atoms with E-state index in [1.54, 1.807) is 0 Å². The Morgan fingerprint density at radius 3 is 3.00 bits per heavy atom. The molecule has 1 aliphatic heterocycles. The Morgan fingerprint density at radius 2 is 2.36 bits per heavy atom. The van der Waals surface area contributed by atoms with Crippen LogP contribution in [0.3, 0.4) is 0 Å². The third-order valence-electron chi connectivity index (χ3n) is 1.84. The normalized spacial score (nSPS) is 20.2. The molecule has 0 unspecified atom stereocenters. The second kappa shape index (κ2) is 5.00. The van der Waals surface area contributed by atoms with Crippen LogP contribution in [-0.2, 0) is 4.74 Å². The van der Waals surface area contributed by atoms with Crippen LogP contribution >= 0.6 is 0 Å². The van der Waals surface area contributed by atoms with Gasteiger partial charge in [0.2, 0.25) is 0 Å². The van der Waals surface area contributed by atoms with Gasteiger partial charge in [0, 0.05) is 6.42 Å². The number of hydrogen-bond donors (Lipinski definition) is 0. The number of allylic oxidation sites excluding steroid dienone is 3. The Kier molecular flexibility index (Phi) is 3.81. The number of ether oxygens (including phenoxy) is 1. The van der Waals surface area contributed by atoms with Crippen molar-refractivity contribution in [2.75, 3.05) is 6.61 Å². The van der Waals surface area contributed by atoms with Crippen LogP contribution in [-0.4, -0.2) is 6.61 Å².